The van der Waals surface area contributed by atoms with Crippen molar-refractivity contribution in [3.8, 4) is 5.75 Å². The van der Waals surface area contributed by atoms with E-state index in [2.05, 4.69) is 0 Å². The van der Waals surface area contributed by atoms with Gasteiger partial charge in [0.15, 0.2) is 11.6 Å². The summed E-state index contributed by atoms with van der Waals surface area (Å²) in [4.78, 5) is 27.1. The van der Waals surface area contributed by atoms with Crippen LogP contribution in [0.15, 0.2) is 53.3 Å². The molecule has 31 heavy (non-hydrogen) atoms. The van der Waals surface area contributed by atoms with Crippen LogP contribution in [0.4, 0.5) is 10.6 Å². The fourth-order valence-corrected chi connectivity index (χ4v) is 3.46. The lowest BCUT2D eigenvalue weighted by Crippen LogP contribution is -2.37. The van der Waals surface area contributed by atoms with Gasteiger partial charge in [-0.25, -0.2) is 4.79 Å². The molecule has 1 amide bonds. The molecule has 0 aliphatic carbocycles. The predicted molar refractivity (Wildman–Crippen MR) is 124 cm³/mol. The van der Waals surface area contributed by atoms with Crippen molar-refractivity contribution < 1.29 is 14.3 Å². The topological polar surface area (TPSA) is 60.8 Å². The van der Waals surface area contributed by atoms with E-state index in [0.717, 1.165) is 5.56 Å². The van der Waals surface area contributed by atoms with Gasteiger partial charge < -0.3 is 9.47 Å². The van der Waals surface area contributed by atoms with E-state index >= 15 is 0 Å². The molecule has 0 N–H and O–H groups in total. The number of ether oxygens (including phenoxy) is 2. The number of anilines is 1. The van der Waals surface area contributed by atoms with Gasteiger partial charge in [-0.15, -0.1) is 0 Å². The molecule has 0 radical (unpaired) electrons. The minimum Gasteiger partial charge on any atom is -0.489 e. The van der Waals surface area contributed by atoms with Gasteiger partial charge in [-0.05, 0) is 44.5 Å². The molecule has 0 atom stereocenters. The van der Waals surface area contributed by atoms with E-state index in [-0.39, 0.29) is 5.56 Å². The van der Waals surface area contributed by atoms with E-state index in [1.54, 1.807) is 53.1 Å². The summed E-state index contributed by atoms with van der Waals surface area (Å²) >= 11 is 6.22. The molecule has 3 aromatic rings. The van der Waals surface area contributed by atoms with Crippen LogP contribution >= 0.6 is 11.6 Å². The van der Waals surface area contributed by atoms with Gasteiger partial charge in [0.05, 0.1) is 12.0 Å². The van der Waals surface area contributed by atoms with Gasteiger partial charge in [-0.1, -0.05) is 41.9 Å². The molecule has 7 heteroatoms. The molecule has 0 saturated heterocycles. The Hall–Kier alpha value is -2.99. The van der Waals surface area contributed by atoms with Crippen LogP contribution in [-0.4, -0.2) is 29.9 Å². The maximum absolute atomic E-state index is 13.0. The molecule has 0 saturated carbocycles. The van der Waals surface area contributed by atoms with Gasteiger partial charge in [0.1, 0.15) is 5.60 Å². The number of carbonyl (C=O) groups is 1. The Balaban J connectivity index is 2.08. The fraction of sp³-hybridized carbons (Fsp3) is 0.333. The van der Waals surface area contributed by atoms with Gasteiger partial charge >= 0.3 is 6.09 Å². The zero-order valence-electron chi connectivity index (χ0n) is 18.4. The van der Waals surface area contributed by atoms with Gasteiger partial charge in [0.2, 0.25) is 0 Å². The van der Waals surface area contributed by atoms with E-state index in [1.807, 2.05) is 30.3 Å². The first-order valence-corrected chi connectivity index (χ1v) is 10.4. The lowest BCUT2D eigenvalue weighted by molar-refractivity contribution is 0.0586. The zero-order chi connectivity index (χ0) is 22.8. The number of pyridine rings is 1. The maximum atomic E-state index is 13.0. The second-order valence-electron chi connectivity index (χ2n) is 8.33. The number of fused-ring (bicyclic) bond motifs is 1. The number of halogens is 1. The largest absolute Gasteiger partial charge is 0.489 e. The van der Waals surface area contributed by atoms with Crippen LogP contribution in [0.3, 0.4) is 0 Å². The Bertz CT molecular complexity index is 1150. The molecule has 3 rings (SSSR count). The summed E-state index contributed by atoms with van der Waals surface area (Å²) in [5.41, 5.74) is 0.183. The summed E-state index contributed by atoms with van der Waals surface area (Å²) in [5.74, 6) is 0.714. The molecular formula is C24H27ClN2O4. The van der Waals surface area contributed by atoms with Crippen LogP contribution in [0, 0.1) is 0 Å². The number of rotatable bonds is 5. The summed E-state index contributed by atoms with van der Waals surface area (Å²) in [6, 6.07) is 15.0. The average molecular weight is 443 g/mol. The first kappa shape index (κ1) is 22.7. The Morgan fingerprint density at radius 3 is 2.42 bits per heavy atom. The van der Waals surface area contributed by atoms with Crippen molar-refractivity contribution >= 4 is 34.3 Å². The number of aromatic nitrogens is 1. The van der Waals surface area contributed by atoms with Gasteiger partial charge in [-0.2, -0.15) is 0 Å². The number of benzene rings is 2. The Morgan fingerprint density at radius 2 is 1.77 bits per heavy atom. The molecule has 6 nitrogen and oxygen atoms in total. The van der Waals surface area contributed by atoms with Gasteiger partial charge in [-0.3, -0.25) is 14.3 Å². The number of hydrogen-bond acceptors (Lipinski definition) is 4. The van der Waals surface area contributed by atoms with Crippen molar-refractivity contribution in [3.63, 3.8) is 0 Å². The fourth-order valence-electron chi connectivity index (χ4n) is 3.29. The number of amides is 1. The van der Waals surface area contributed by atoms with Crippen LogP contribution in [0.1, 0.15) is 26.3 Å². The van der Waals surface area contributed by atoms with Gasteiger partial charge in [0.25, 0.3) is 5.56 Å². The van der Waals surface area contributed by atoms with Crippen molar-refractivity contribution in [2.75, 3.05) is 18.6 Å². The zero-order valence-corrected chi connectivity index (χ0v) is 19.2. The Labute approximate surface area is 186 Å². The third kappa shape index (κ3) is 5.20. The highest BCUT2D eigenvalue weighted by Gasteiger charge is 2.27. The standard InChI is InChI=1S/C24H27ClN2O4/c1-24(2,3)31-23(29)27(5)21-20(30-14-13-16-9-7-6-8-10-16)19-15-17(25)11-12-18(19)22(28)26(21)4/h6-12,15H,13-14H2,1-5H3. The molecule has 0 aliphatic rings. The van der Waals surface area contributed by atoms with E-state index < -0.39 is 11.7 Å². The molecule has 1 heterocycles. The van der Waals surface area contributed by atoms with Crippen LogP contribution in [0.25, 0.3) is 10.8 Å². The molecule has 0 spiro atoms. The minimum absolute atomic E-state index is 0.257. The quantitative estimate of drug-likeness (QED) is 0.546. The molecule has 2 aromatic carbocycles. The second-order valence-corrected chi connectivity index (χ2v) is 8.77. The number of hydrogen-bond donors (Lipinski definition) is 0. The average Bonchev–Trinajstić information content (AvgIpc) is 2.70. The van der Waals surface area contributed by atoms with E-state index in [1.165, 1.54) is 9.47 Å². The molecule has 0 fully saturated rings. The molecule has 1 aromatic heterocycles. The summed E-state index contributed by atoms with van der Waals surface area (Å²) in [5, 5.41) is 1.48. The Morgan fingerprint density at radius 1 is 1.10 bits per heavy atom. The third-order valence-electron chi connectivity index (χ3n) is 4.75. The number of nitrogens with zero attached hydrogens (tertiary/aromatic N) is 2. The number of carbonyl (C=O) groups excluding carboxylic acids is 1. The molecule has 164 valence electrons. The highest BCUT2D eigenvalue weighted by atomic mass is 35.5. The van der Waals surface area contributed by atoms with Gasteiger partial charge in [0, 0.05) is 30.9 Å². The summed E-state index contributed by atoms with van der Waals surface area (Å²) in [7, 11) is 3.17. The summed E-state index contributed by atoms with van der Waals surface area (Å²) < 4.78 is 13.1. The van der Waals surface area contributed by atoms with Crippen LogP contribution in [-0.2, 0) is 18.2 Å². The molecule has 0 unspecified atom stereocenters. The lowest BCUT2D eigenvalue weighted by atomic mass is 10.1. The predicted octanol–water partition coefficient (Wildman–Crippen LogP) is 5.18. The van der Waals surface area contributed by atoms with E-state index in [9.17, 15) is 9.59 Å². The normalized spacial score (nSPS) is 11.4. The summed E-state index contributed by atoms with van der Waals surface area (Å²) in [6.07, 6.45) is 0.0817. The smallest absolute Gasteiger partial charge is 0.415 e. The molecule has 0 bridgehead atoms. The maximum Gasteiger partial charge on any atom is 0.415 e. The van der Waals surface area contributed by atoms with Crippen molar-refractivity contribution in [1.82, 2.24) is 4.57 Å². The molecular weight excluding hydrogens is 416 g/mol. The van der Waals surface area contributed by atoms with E-state index in [4.69, 9.17) is 21.1 Å². The minimum atomic E-state index is -0.682. The van der Waals surface area contributed by atoms with Crippen molar-refractivity contribution in [3.05, 3.63) is 69.5 Å². The highest BCUT2D eigenvalue weighted by Crippen LogP contribution is 2.35. The van der Waals surface area contributed by atoms with Crippen LogP contribution in [0.2, 0.25) is 5.02 Å². The van der Waals surface area contributed by atoms with Crippen LogP contribution in [0.5, 0.6) is 5.75 Å². The third-order valence-corrected chi connectivity index (χ3v) is 4.98. The van der Waals surface area contributed by atoms with Crippen molar-refractivity contribution in [1.29, 1.82) is 0 Å². The first-order valence-electron chi connectivity index (χ1n) is 10.0. The molecule has 0 aliphatic heterocycles. The summed E-state index contributed by atoms with van der Waals surface area (Å²) in [6.45, 7) is 5.72. The van der Waals surface area contributed by atoms with Crippen molar-refractivity contribution in [2.24, 2.45) is 7.05 Å². The highest BCUT2D eigenvalue weighted by molar-refractivity contribution is 6.31. The van der Waals surface area contributed by atoms with E-state index in [0.29, 0.717) is 40.4 Å². The van der Waals surface area contributed by atoms with Crippen LogP contribution < -0.4 is 15.2 Å². The van der Waals surface area contributed by atoms with Crippen molar-refractivity contribution in [2.45, 2.75) is 32.8 Å². The monoisotopic (exact) mass is 442 g/mol. The first-order chi connectivity index (χ1) is 14.6. The second kappa shape index (κ2) is 9.02. The Kier molecular flexibility index (Phi) is 6.60. The lowest BCUT2D eigenvalue weighted by Gasteiger charge is -2.27. The SMILES string of the molecule is CN(C(=O)OC(C)(C)C)c1c(OCCc2ccccc2)c2cc(Cl)ccc2c(=O)n1C.